The number of hydrogen-bond donors (Lipinski definition) is 1. The highest BCUT2D eigenvalue weighted by molar-refractivity contribution is 9.10. The monoisotopic (exact) mass is 243 g/mol. The second-order valence-corrected chi connectivity index (χ2v) is 4.75. The lowest BCUT2D eigenvalue weighted by molar-refractivity contribution is 0.165. The van der Waals surface area contributed by atoms with Crippen LogP contribution in [0, 0.1) is 11.8 Å². The fraction of sp³-hybridized carbons (Fsp3) is 0.667. The maximum Gasteiger partial charge on any atom is 0.159 e. The molecule has 1 aromatic rings. The van der Waals surface area contributed by atoms with Gasteiger partial charge in [-0.25, -0.2) is 0 Å². The van der Waals surface area contributed by atoms with Crippen LogP contribution in [-0.2, 0) is 6.54 Å². The van der Waals surface area contributed by atoms with Gasteiger partial charge in [0.25, 0.3) is 0 Å². The number of aromatic nitrogens is 2. The average Bonchev–Trinajstić information content (AvgIpc) is 2.40. The molecule has 1 aliphatic rings. The topological polar surface area (TPSA) is 43.8 Å². The van der Waals surface area contributed by atoms with Crippen molar-refractivity contribution in [3.63, 3.8) is 0 Å². The highest BCUT2D eigenvalue weighted by Crippen LogP contribution is 2.35. The summed E-state index contributed by atoms with van der Waals surface area (Å²) < 4.78 is 2.85. The maximum atomic E-state index is 5.63. The molecular formula is C9H14BrN3. The molecule has 2 rings (SSSR count). The first-order chi connectivity index (χ1) is 6.16. The first-order valence-electron chi connectivity index (χ1n) is 4.65. The van der Waals surface area contributed by atoms with E-state index in [9.17, 15) is 0 Å². The number of anilines is 1. The largest absolute Gasteiger partial charge is 0.381 e. The summed E-state index contributed by atoms with van der Waals surface area (Å²) in [5.74, 6) is 2.24. The van der Waals surface area contributed by atoms with Crippen molar-refractivity contribution in [3.05, 3.63) is 10.7 Å². The molecule has 1 saturated carbocycles. The second kappa shape index (κ2) is 3.33. The van der Waals surface area contributed by atoms with Gasteiger partial charge in [-0.1, -0.05) is 13.3 Å². The normalized spacial score (nSPS) is 27.2. The van der Waals surface area contributed by atoms with Crippen LogP contribution in [0.2, 0.25) is 0 Å². The standard InChI is InChI=1S/C9H14BrN3/c1-6-2-3-7(6)4-13-5-8(10)9(11)12-13/h5-7H,2-4H2,1H3,(H2,11,12)/t6-,7+/m1/s1. The molecule has 0 unspecified atom stereocenters. The minimum atomic E-state index is 0.590. The van der Waals surface area contributed by atoms with E-state index in [0.717, 1.165) is 22.9 Å². The zero-order valence-electron chi connectivity index (χ0n) is 7.70. The van der Waals surface area contributed by atoms with Gasteiger partial charge in [0.15, 0.2) is 5.82 Å². The van der Waals surface area contributed by atoms with Crippen LogP contribution in [0.4, 0.5) is 5.82 Å². The molecule has 0 amide bonds. The van der Waals surface area contributed by atoms with Crippen LogP contribution in [0.5, 0.6) is 0 Å². The van der Waals surface area contributed by atoms with E-state index < -0.39 is 0 Å². The summed E-state index contributed by atoms with van der Waals surface area (Å²) in [6.07, 6.45) is 4.65. The molecule has 4 heteroatoms. The van der Waals surface area contributed by atoms with Crippen LogP contribution in [0.3, 0.4) is 0 Å². The van der Waals surface area contributed by atoms with Gasteiger partial charge < -0.3 is 5.73 Å². The number of nitrogen functional groups attached to an aromatic ring is 1. The van der Waals surface area contributed by atoms with E-state index in [1.54, 1.807) is 0 Å². The third-order valence-electron chi connectivity index (χ3n) is 2.96. The van der Waals surface area contributed by atoms with Crippen LogP contribution in [0.15, 0.2) is 10.7 Å². The molecule has 0 aromatic carbocycles. The SMILES string of the molecule is C[C@@H]1CC[C@H]1Cn1cc(Br)c(N)n1. The smallest absolute Gasteiger partial charge is 0.159 e. The predicted octanol–water partition coefficient (Wildman–Crippen LogP) is 2.27. The summed E-state index contributed by atoms with van der Waals surface area (Å²) in [7, 11) is 0. The van der Waals surface area contributed by atoms with Crippen molar-refractivity contribution >= 4 is 21.7 Å². The van der Waals surface area contributed by atoms with E-state index in [4.69, 9.17) is 5.73 Å². The van der Waals surface area contributed by atoms with Crippen molar-refractivity contribution in [2.24, 2.45) is 11.8 Å². The minimum Gasteiger partial charge on any atom is -0.381 e. The van der Waals surface area contributed by atoms with Gasteiger partial charge in [0.2, 0.25) is 0 Å². The summed E-state index contributed by atoms with van der Waals surface area (Å²) in [5.41, 5.74) is 5.63. The fourth-order valence-electron chi connectivity index (χ4n) is 1.75. The zero-order chi connectivity index (χ0) is 9.42. The Bertz CT molecular complexity index is 288. The second-order valence-electron chi connectivity index (χ2n) is 3.90. The molecule has 72 valence electrons. The van der Waals surface area contributed by atoms with Gasteiger partial charge in [0.1, 0.15) is 0 Å². The molecule has 0 radical (unpaired) electrons. The molecule has 13 heavy (non-hydrogen) atoms. The lowest BCUT2D eigenvalue weighted by Crippen LogP contribution is -2.27. The van der Waals surface area contributed by atoms with Gasteiger partial charge in [-0.15, -0.1) is 0 Å². The van der Waals surface area contributed by atoms with Crippen LogP contribution < -0.4 is 5.73 Å². The summed E-state index contributed by atoms with van der Waals surface area (Å²) in [6.45, 7) is 3.31. The molecule has 0 saturated heterocycles. The van der Waals surface area contributed by atoms with Crippen molar-refractivity contribution in [1.82, 2.24) is 9.78 Å². The van der Waals surface area contributed by atoms with Crippen molar-refractivity contribution in [2.75, 3.05) is 5.73 Å². The van der Waals surface area contributed by atoms with E-state index in [0.29, 0.717) is 5.82 Å². The third-order valence-corrected chi connectivity index (χ3v) is 3.57. The van der Waals surface area contributed by atoms with Crippen LogP contribution >= 0.6 is 15.9 Å². The Morgan fingerprint density at radius 1 is 1.69 bits per heavy atom. The molecule has 1 heterocycles. The molecule has 0 bridgehead atoms. The Morgan fingerprint density at radius 3 is 2.85 bits per heavy atom. The number of halogens is 1. The highest BCUT2D eigenvalue weighted by atomic mass is 79.9. The van der Waals surface area contributed by atoms with Crippen molar-refractivity contribution < 1.29 is 0 Å². The Hall–Kier alpha value is -0.510. The number of nitrogens with two attached hydrogens (primary N) is 1. The quantitative estimate of drug-likeness (QED) is 0.867. The fourth-order valence-corrected chi connectivity index (χ4v) is 2.07. The first-order valence-corrected chi connectivity index (χ1v) is 5.44. The predicted molar refractivity (Wildman–Crippen MR) is 56.2 cm³/mol. The van der Waals surface area contributed by atoms with Gasteiger partial charge in [-0.05, 0) is 34.2 Å². The summed E-state index contributed by atoms with van der Waals surface area (Å²) in [6, 6.07) is 0. The van der Waals surface area contributed by atoms with Crippen molar-refractivity contribution in [1.29, 1.82) is 0 Å². The Labute approximate surface area is 86.4 Å². The molecule has 2 N–H and O–H groups in total. The van der Waals surface area contributed by atoms with Crippen molar-refractivity contribution in [2.45, 2.75) is 26.3 Å². The summed E-state index contributed by atoms with van der Waals surface area (Å²) in [5, 5.41) is 4.21. The van der Waals surface area contributed by atoms with Gasteiger partial charge >= 0.3 is 0 Å². The van der Waals surface area contributed by atoms with E-state index in [2.05, 4.69) is 28.0 Å². The average molecular weight is 244 g/mol. The number of nitrogens with zero attached hydrogens (tertiary/aromatic N) is 2. The van der Waals surface area contributed by atoms with E-state index >= 15 is 0 Å². The lowest BCUT2D eigenvalue weighted by Gasteiger charge is -2.33. The Balaban J connectivity index is 2.01. The molecule has 1 aromatic heterocycles. The molecule has 0 spiro atoms. The Morgan fingerprint density at radius 2 is 2.46 bits per heavy atom. The molecule has 1 aliphatic carbocycles. The molecule has 2 atom stereocenters. The van der Waals surface area contributed by atoms with Gasteiger partial charge in [0.05, 0.1) is 4.47 Å². The van der Waals surface area contributed by atoms with Crippen LogP contribution in [-0.4, -0.2) is 9.78 Å². The molecule has 0 aliphatic heterocycles. The number of hydrogen-bond acceptors (Lipinski definition) is 2. The van der Waals surface area contributed by atoms with Gasteiger partial charge in [-0.2, -0.15) is 5.10 Å². The Kier molecular flexibility index (Phi) is 2.32. The first kappa shape index (κ1) is 9.06. The minimum absolute atomic E-state index is 0.590. The van der Waals surface area contributed by atoms with Crippen LogP contribution in [0.1, 0.15) is 19.8 Å². The third kappa shape index (κ3) is 1.73. The van der Waals surface area contributed by atoms with Crippen LogP contribution in [0.25, 0.3) is 0 Å². The molecule has 3 nitrogen and oxygen atoms in total. The van der Waals surface area contributed by atoms with E-state index in [-0.39, 0.29) is 0 Å². The molecular weight excluding hydrogens is 230 g/mol. The number of rotatable bonds is 2. The maximum absolute atomic E-state index is 5.63. The summed E-state index contributed by atoms with van der Waals surface area (Å²) >= 11 is 3.35. The van der Waals surface area contributed by atoms with E-state index in [1.165, 1.54) is 12.8 Å². The zero-order valence-corrected chi connectivity index (χ0v) is 9.29. The highest BCUT2D eigenvalue weighted by Gasteiger charge is 2.27. The van der Waals surface area contributed by atoms with Gasteiger partial charge in [0, 0.05) is 12.7 Å². The lowest BCUT2D eigenvalue weighted by atomic mass is 9.75. The van der Waals surface area contributed by atoms with Crippen molar-refractivity contribution in [3.8, 4) is 0 Å². The van der Waals surface area contributed by atoms with E-state index in [1.807, 2.05) is 10.9 Å². The summed E-state index contributed by atoms with van der Waals surface area (Å²) in [4.78, 5) is 0. The van der Waals surface area contributed by atoms with Gasteiger partial charge in [-0.3, -0.25) is 4.68 Å². The molecule has 1 fully saturated rings.